The van der Waals surface area contributed by atoms with Crippen LogP contribution in [0.2, 0.25) is 0 Å². The molecule has 0 bridgehead atoms. The standard InChI is InChI=1S/C26H28O5/c1-17-12-20(7-6-18-14-22(29-3)16-23(15-18)30-4)25(24(13-17)31-5)26(27)19-8-10-21(28-2)11-9-19/h6-16,26-27H,1-5H3/b7-6+. The molecular weight excluding hydrogens is 392 g/mol. The predicted octanol–water partition coefficient (Wildman–Crippen LogP) is 5.28. The van der Waals surface area contributed by atoms with Gasteiger partial charge in [-0.15, -0.1) is 0 Å². The van der Waals surface area contributed by atoms with E-state index in [1.54, 1.807) is 28.4 Å². The minimum Gasteiger partial charge on any atom is -0.497 e. The summed E-state index contributed by atoms with van der Waals surface area (Å²) in [6, 6.07) is 17.0. The molecule has 1 atom stereocenters. The lowest BCUT2D eigenvalue weighted by Gasteiger charge is -2.19. The van der Waals surface area contributed by atoms with Crippen LogP contribution in [-0.2, 0) is 0 Å². The van der Waals surface area contributed by atoms with Crippen molar-refractivity contribution in [2.75, 3.05) is 28.4 Å². The highest BCUT2D eigenvalue weighted by Gasteiger charge is 2.19. The predicted molar refractivity (Wildman–Crippen MR) is 123 cm³/mol. The van der Waals surface area contributed by atoms with Gasteiger partial charge in [0, 0.05) is 11.6 Å². The lowest BCUT2D eigenvalue weighted by atomic mass is 9.93. The van der Waals surface area contributed by atoms with Gasteiger partial charge in [-0.25, -0.2) is 0 Å². The Balaban J connectivity index is 2.06. The molecule has 0 heterocycles. The van der Waals surface area contributed by atoms with E-state index in [0.717, 1.165) is 28.0 Å². The van der Waals surface area contributed by atoms with Gasteiger partial charge in [-0.1, -0.05) is 30.4 Å². The Labute approximate surface area is 183 Å². The van der Waals surface area contributed by atoms with Gasteiger partial charge < -0.3 is 24.1 Å². The van der Waals surface area contributed by atoms with Crippen LogP contribution in [0.25, 0.3) is 12.2 Å². The van der Waals surface area contributed by atoms with Crippen molar-refractivity contribution in [3.63, 3.8) is 0 Å². The van der Waals surface area contributed by atoms with Crippen LogP contribution in [-0.4, -0.2) is 33.5 Å². The molecule has 0 aliphatic rings. The molecular formula is C26H28O5. The SMILES string of the molecule is COc1ccc(C(O)c2c(/C=C/c3cc(OC)cc(OC)c3)cc(C)cc2OC)cc1. The summed E-state index contributed by atoms with van der Waals surface area (Å²) >= 11 is 0. The maximum atomic E-state index is 11.2. The molecule has 0 aliphatic heterocycles. The van der Waals surface area contributed by atoms with Crippen molar-refractivity contribution < 1.29 is 24.1 Å². The molecule has 0 aromatic heterocycles. The minimum absolute atomic E-state index is 0.631. The maximum absolute atomic E-state index is 11.2. The maximum Gasteiger partial charge on any atom is 0.125 e. The number of aliphatic hydroxyl groups is 1. The van der Waals surface area contributed by atoms with E-state index >= 15 is 0 Å². The van der Waals surface area contributed by atoms with Crippen molar-refractivity contribution in [2.24, 2.45) is 0 Å². The summed E-state index contributed by atoms with van der Waals surface area (Å²) in [5.41, 5.74) is 4.26. The lowest BCUT2D eigenvalue weighted by molar-refractivity contribution is 0.214. The molecule has 5 nitrogen and oxygen atoms in total. The average molecular weight is 421 g/mol. The van der Waals surface area contributed by atoms with Crippen LogP contribution >= 0.6 is 0 Å². The summed E-state index contributed by atoms with van der Waals surface area (Å²) in [6.45, 7) is 2.00. The van der Waals surface area contributed by atoms with Crippen molar-refractivity contribution in [2.45, 2.75) is 13.0 Å². The number of ether oxygens (including phenoxy) is 4. The van der Waals surface area contributed by atoms with Crippen LogP contribution in [0.4, 0.5) is 0 Å². The molecule has 162 valence electrons. The Hall–Kier alpha value is -3.44. The van der Waals surface area contributed by atoms with E-state index < -0.39 is 6.10 Å². The molecule has 1 unspecified atom stereocenters. The van der Waals surface area contributed by atoms with Crippen LogP contribution < -0.4 is 18.9 Å². The number of benzene rings is 3. The van der Waals surface area contributed by atoms with E-state index in [1.165, 1.54) is 0 Å². The number of aryl methyl sites for hydroxylation is 1. The normalized spacial score (nSPS) is 11.9. The van der Waals surface area contributed by atoms with Gasteiger partial charge in [0.25, 0.3) is 0 Å². The van der Waals surface area contributed by atoms with E-state index in [2.05, 4.69) is 0 Å². The summed E-state index contributed by atoms with van der Waals surface area (Å²) in [7, 11) is 6.47. The molecule has 0 amide bonds. The first-order chi connectivity index (χ1) is 15.0. The third-order valence-electron chi connectivity index (χ3n) is 5.07. The summed E-state index contributed by atoms with van der Waals surface area (Å²) in [5, 5.41) is 11.2. The van der Waals surface area contributed by atoms with Gasteiger partial charge in [0.2, 0.25) is 0 Å². The molecule has 31 heavy (non-hydrogen) atoms. The van der Waals surface area contributed by atoms with Crippen molar-refractivity contribution in [1.29, 1.82) is 0 Å². The van der Waals surface area contributed by atoms with Crippen LogP contribution in [0.5, 0.6) is 23.0 Å². The number of hydrogen-bond donors (Lipinski definition) is 1. The van der Waals surface area contributed by atoms with Gasteiger partial charge in [-0.2, -0.15) is 0 Å². The molecule has 3 aromatic rings. The first-order valence-electron chi connectivity index (χ1n) is 9.90. The Bertz CT molecular complexity index is 1030. The Morgan fingerprint density at radius 1 is 0.710 bits per heavy atom. The Kier molecular flexibility index (Phi) is 7.21. The molecule has 0 fully saturated rings. The van der Waals surface area contributed by atoms with Gasteiger partial charge in [0.15, 0.2) is 0 Å². The van der Waals surface area contributed by atoms with E-state index in [4.69, 9.17) is 18.9 Å². The van der Waals surface area contributed by atoms with Crippen molar-refractivity contribution >= 4 is 12.2 Å². The van der Waals surface area contributed by atoms with Crippen LogP contribution in [0, 0.1) is 6.92 Å². The highest BCUT2D eigenvalue weighted by atomic mass is 16.5. The summed E-state index contributed by atoms with van der Waals surface area (Å²) in [5.74, 6) is 2.78. The first kappa shape index (κ1) is 22.2. The average Bonchev–Trinajstić information content (AvgIpc) is 2.81. The molecule has 3 aromatic carbocycles. The zero-order valence-corrected chi connectivity index (χ0v) is 18.5. The van der Waals surface area contributed by atoms with Crippen LogP contribution in [0.1, 0.15) is 33.9 Å². The first-order valence-corrected chi connectivity index (χ1v) is 9.90. The molecule has 0 saturated heterocycles. The van der Waals surface area contributed by atoms with Crippen molar-refractivity contribution in [1.82, 2.24) is 0 Å². The minimum atomic E-state index is -0.860. The fourth-order valence-corrected chi connectivity index (χ4v) is 3.46. The second-order valence-electron chi connectivity index (χ2n) is 7.13. The fraction of sp³-hybridized carbons (Fsp3) is 0.231. The highest BCUT2D eigenvalue weighted by Crippen LogP contribution is 2.36. The van der Waals surface area contributed by atoms with Crippen LogP contribution in [0.3, 0.4) is 0 Å². The molecule has 3 rings (SSSR count). The van der Waals surface area contributed by atoms with E-state index in [9.17, 15) is 5.11 Å². The largest absolute Gasteiger partial charge is 0.497 e. The number of methoxy groups -OCH3 is 4. The van der Waals surface area contributed by atoms with Crippen LogP contribution in [0.15, 0.2) is 54.6 Å². The van der Waals surface area contributed by atoms with Gasteiger partial charge in [0.05, 0.1) is 28.4 Å². The Morgan fingerprint density at radius 3 is 1.87 bits per heavy atom. The molecule has 5 heteroatoms. The van der Waals surface area contributed by atoms with E-state index in [1.807, 2.05) is 73.7 Å². The summed E-state index contributed by atoms with van der Waals surface area (Å²) in [4.78, 5) is 0. The number of rotatable bonds is 8. The zero-order valence-electron chi connectivity index (χ0n) is 18.5. The zero-order chi connectivity index (χ0) is 22.4. The molecule has 0 aliphatic carbocycles. The highest BCUT2D eigenvalue weighted by molar-refractivity contribution is 5.74. The third kappa shape index (κ3) is 5.19. The molecule has 0 radical (unpaired) electrons. The van der Waals surface area contributed by atoms with Gasteiger partial charge in [0.1, 0.15) is 29.1 Å². The van der Waals surface area contributed by atoms with E-state index in [-0.39, 0.29) is 0 Å². The topological polar surface area (TPSA) is 57.2 Å². The lowest BCUT2D eigenvalue weighted by Crippen LogP contribution is -2.05. The molecule has 0 spiro atoms. The number of aliphatic hydroxyl groups excluding tert-OH is 1. The smallest absolute Gasteiger partial charge is 0.125 e. The molecule has 1 N–H and O–H groups in total. The van der Waals surface area contributed by atoms with E-state index in [0.29, 0.717) is 22.8 Å². The van der Waals surface area contributed by atoms with Crippen molar-refractivity contribution in [3.8, 4) is 23.0 Å². The third-order valence-corrected chi connectivity index (χ3v) is 5.07. The Morgan fingerprint density at radius 2 is 1.32 bits per heavy atom. The fourth-order valence-electron chi connectivity index (χ4n) is 3.46. The quantitative estimate of drug-likeness (QED) is 0.503. The second-order valence-corrected chi connectivity index (χ2v) is 7.13. The van der Waals surface area contributed by atoms with Crippen molar-refractivity contribution in [3.05, 3.63) is 82.4 Å². The van der Waals surface area contributed by atoms with Gasteiger partial charge in [-0.05, 0) is 59.5 Å². The molecule has 0 saturated carbocycles. The second kappa shape index (κ2) is 10.0. The van der Waals surface area contributed by atoms with Gasteiger partial charge >= 0.3 is 0 Å². The summed E-state index contributed by atoms with van der Waals surface area (Å²) < 4.78 is 21.6. The number of hydrogen-bond acceptors (Lipinski definition) is 5. The monoisotopic (exact) mass is 420 g/mol. The van der Waals surface area contributed by atoms with Gasteiger partial charge in [-0.3, -0.25) is 0 Å². The summed E-state index contributed by atoms with van der Waals surface area (Å²) in [6.07, 6.45) is 3.07.